The van der Waals surface area contributed by atoms with E-state index in [4.69, 9.17) is 0 Å². The van der Waals surface area contributed by atoms with Crippen molar-refractivity contribution in [2.75, 3.05) is 13.6 Å². The Balaban J connectivity index is 2.21. The number of nitrogens with one attached hydrogen (secondary N) is 3. The van der Waals surface area contributed by atoms with Gasteiger partial charge in [-0.1, -0.05) is 6.92 Å². The molecule has 1 amide bonds. The van der Waals surface area contributed by atoms with Gasteiger partial charge < -0.3 is 16.0 Å². The lowest BCUT2D eigenvalue weighted by atomic mass is 9.87. The van der Waals surface area contributed by atoms with Crippen LogP contribution in [-0.4, -0.2) is 37.5 Å². The van der Waals surface area contributed by atoms with Crippen molar-refractivity contribution in [3.8, 4) is 0 Å². The van der Waals surface area contributed by atoms with Gasteiger partial charge in [0.1, 0.15) is 0 Å². The van der Waals surface area contributed by atoms with Crippen molar-refractivity contribution in [1.29, 1.82) is 0 Å². The van der Waals surface area contributed by atoms with Crippen molar-refractivity contribution in [1.82, 2.24) is 16.0 Å². The van der Waals surface area contributed by atoms with E-state index in [1.54, 1.807) is 7.05 Å². The number of nitrogens with zero attached hydrogens (tertiary/aromatic N) is 1. The number of carbonyl (C=O) groups is 1. The van der Waals surface area contributed by atoms with Gasteiger partial charge >= 0.3 is 0 Å². The van der Waals surface area contributed by atoms with Crippen LogP contribution in [0.15, 0.2) is 4.99 Å². The van der Waals surface area contributed by atoms with Crippen LogP contribution in [0.3, 0.4) is 0 Å². The van der Waals surface area contributed by atoms with Gasteiger partial charge in [0.25, 0.3) is 0 Å². The van der Waals surface area contributed by atoms with Crippen LogP contribution in [0.25, 0.3) is 0 Å². The molecule has 5 nitrogen and oxygen atoms in total. The van der Waals surface area contributed by atoms with E-state index in [0.717, 1.165) is 11.9 Å². The third kappa shape index (κ3) is 6.78. The topological polar surface area (TPSA) is 65.5 Å². The van der Waals surface area contributed by atoms with E-state index in [-0.39, 0.29) is 11.9 Å². The summed E-state index contributed by atoms with van der Waals surface area (Å²) in [4.78, 5) is 15.8. The summed E-state index contributed by atoms with van der Waals surface area (Å²) in [6.45, 7) is 6.86. The summed E-state index contributed by atoms with van der Waals surface area (Å²) in [6, 6.07) is 0.714. The molecule has 0 bridgehead atoms. The lowest BCUT2D eigenvalue weighted by molar-refractivity contribution is -0.121. The highest BCUT2D eigenvalue weighted by atomic mass is 16.1. The summed E-state index contributed by atoms with van der Waals surface area (Å²) < 4.78 is 0. The molecule has 0 aromatic heterocycles. The quantitative estimate of drug-likeness (QED) is 0.530. The Kier molecular flexibility index (Phi) is 7.41. The van der Waals surface area contributed by atoms with E-state index in [9.17, 15) is 4.79 Å². The molecule has 1 aliphatic carbocycles. The monoisotopic (exact) mass is 282 g/mol. The predicted molar refractivity (Wildman–Crippen MR) is 83.8 cm³/mol. The van der Waals surface area contributed by atoms with Crippen LogP contribution >= 0.6 is 0 Å². The Bertz CT molecular complexity index is 320. The van der Waals surface area contributed by atoms with Crippen molar-refractivity contribution in [3.63, 3.8) is 0 Å². The average Bonchev–Trinajstić information content (AvgIpc) is 2.39. The van der Waals surface area contributed by atoms with Crippen LogP contribution in [-0.2, 0) is 4.79 Å². The molecule has 0 spiro atoms. The molecule has 0 unspecified atom stereocenters. The zero-order chi connectivity index (χ0) is 15.0. The van der Waals surface area contributed by atoms with Crippen LogP contribution in [0.5, 0.6) is 0 Å². The van der Waals surface area contributed by atoms with Crippen molar-refractivity contribution >= 4 is 11.9 Å². The third-order valence-electron chi connectivity index (χ3n) is 3.67. The SMILES string of the molecule is CN=C(NCCC(=O)NC(C)C)NC1CCC(C)CC1. The molecule has 0 aromatic rings. The maximum atomic E-state index is 11.5. The van der Waals surface area contributed by atoms with Crippen LogP contribution in [0.4, 0.5) is 0 Å². The second-order valence-corrected chi connectivity index (χ2v) is 6.07. The molecule has 1 saturated carbocycles. The Labute approximate surface area is 123 Å². The first-order chi connectivity index (χ1) is 9.51. The minimum atomic E-state index is 0.0782. The summed E-state index contributed by atoms with van der Waals surface area (Å²) >= 11 is 0. The first kappa shape index (κ1) is 16.8. The van der Waals surface area contributed by atoms with Gasteiger partial charge in [-0.05, 0) is 45.4 Å². The molecule has 20 heavy (non-hydrogen) atoms. The summed E-state index contributed by atoms with van der Waals surface area (Å²) in [5.74, 6) is 1.74. The average molecular weight is 282 g/mol. The third-order valence-corrected chi connectivity index (χ3v) is 3.67. The van der Waals surface area contributed by atoms with Gasteiger partial charge in [-0.25, -0.2) is 0 Å². The highest BCUT2D eigenvalue weighted by Gasteiger charge is 2.18. The molecule has 0 aliphatic heterocycles. The molecular weight excluding hydrogens is 252 g/mol. The highest BCUT2D eigenvalue weighted by molar-refractivity contribution is 5.81. The lowest BCUT2D eigenvalue weighted by Crippen LogP contribution is -2.45. The van der Waals surface area contributed by atoms with Crippen molar-refractivity contribution in [3.05, 3.63) is 0 Å². The molecule has 3 N–H and O–H groups in total. The van der Waals surface area contributed by atoms with Gasteiger partial charge in [-0.15, -0.1) is 0 Å². The van der Waals surface area contributed by atoms with Gasteiger partial charge in [-0.3, -0.25) is 9.79 Å². The van der Waals surface area contributed by atoms with Gasteiger partial charge in [-0.2, -0.15) is 0 Å². The van der Waals surface area contributed by atoms with E-state index in [2.05, 4.69) is 27.9 Å². The Morgan fingerprint density at radius 3 is 2.45 bits per heavy atom. The summed E-state index contributed by atoms with van der Waals surface area (Å²) in [5, 5.41) is 9.54. The van der Waals surface area contributed by atoms with E-state index in [0.29, 0.717) is 19.0 Å². The Morgan fingerprint density at radius 2 is 1.90 bits per heavy atom. The number of carbonyl (C=O) groups excluding carboxylic acids is 1. The largest absolute Gasteiger partial charge is 0.356 e. The molecular formula is C15H30N4O. The van der Waals surface area contributed by atoms with E-state index >= 15 is 0 Å². The first-order valence-corrected chi connectivity index (χ1v) is 7.77. The number of aliphatic imine (C=N–C) groups is 1. The fourth-order valence-corrected chi connectivity index (χ4v) is 2.48. The standard InChI is InChI=1S/C15H30N4O/c1-11(2)18-14(20)9-10-17-15(16-4)19-13-7-5-12(3)6-8-13/h11-13H,5-10H2,1-4H3,(H,18,20)(H2,16,17,19). The second kappa shape index (κ2) is 8.82. The second-order valence-electron chi connectivity index (χ2n) is 6.07. The van der Waals surface area contributed by atoms with Gasteiger partial charge in [0.05, 0.1) is 0 Å². The molecule has 0 heterocycles. The number of hydrogen-bond donors (Lipinski definition) is 3. The molecule has 0 saturated heterocycles. The fraction of sp³-hybridized carbons (Fsp3) is 0.867. The maximum Gasteiger partial charge on any atom is 0.221 e. The highest BCUT2D eigenvalue weighted by Crippen LogP contribution is 2.23. The van der Waals surface area contributed by atoms with E-state index in [1.165, 1.54) is 25.7 Å². The van der Waals surface area contributed by atoms with Crippen molar-refractivity contribution in [2.24, 2.45) is 10.9 Å². The normalized spacial score (nSPS) is 23.6. The molecule has 0 radical (unpaired) electrons. The van der Waals surface area contributed by atoms with Gasteiger partial charge in [0, 0.05) is 32.1 Å². The lowest BCUT2D eigenvalue weighted by Gasteiger charge is -2.28. The molecule has 116 valence electrons. The summed E-state index contributed by atoms with van der Waals surface area (Å²) in [7, 11) is 1.77. The molecule has 5 heteroatoms. The van der Waals surface area contributed by atoms with Crippen LogP contribution in [0.1, 0.15) is 52.9 Å². The molecule has 0 atom stereocenters. The summed E-state index contributed by atoms with van der Waals surface area (Å²) in [6.07, 6.45) is 5.45. The van der Waals surface area contributed by atoms with Crippen molar-refractivity contribution in [2.45, 2.75) is 65.0 Å². The molecule has 1 aliphatic rings. The maximum absolute atomic E-state index is 11.5. The number of guanidine groups is 1. The smallest absolute Gasteiger partial charge is 0.221 e. The minimum absolute atomic E-state index is 0.0782. The van der Waals surface area contributed by atoms with Gasteiger partial charge in [0.15, 0.2) is 5.96 Å². The Hall–Kier alpha value is -1.26. The number of hydrogen-bond acceptors (Lipinski definition) is 2. The van der Waals surface area contributed by atoms with E-state index < -0.39 is 0 Å². The van der Waals surface area contributed by atoms with E-state index in [1.807, 2.05) is 13.8 Å². The number of amides is 1. The molecule has 1 rings (SSSR count). The van der Waals surface area contributed by atoms with Crippen LogP contribution < -0.4 is 16.0 Å². The molecule has 1 fully saturated rings. The predicted octanol–water partition coefficient (Wildman–Crippen LogP) is 1.64. The first-order valence-electron chi connectivity index (χ1n) is 7.77. The van der Waals surface area contributed by atoms with Crippen LogP contribution in [0.2, 0.25) is 0 Å². The minimum Gasteiger partial charge on any atom is -0.356 e. The zero-order valence-electron chi connectivity index (χ0n) is 13.3. The van der Waals surface area contributed by atoms with Crippen molar-refractivity contribution < 1.29 is 4.79 Å². The molecule has 0 aromatic carbocycles. The number of rotatable bonds is 5. The fourth-order valence-electron chi connectivity index (χ4n) is 2.48. The van der Waals surface area contributed by atoms with Gasteiger partial charge in [0.2, 0.25) is 5.91 Å². The zero-order valence-corrected chi connectivity index (χ0v) is 13.3. The summed E-state index contributed by atoms with van der Waals surface area (Å²) in [5.41, 5.74) is 0. The van der Waals surface area contributed by atoms with Crippen LogP contribution in [0, 0.1) is 5.92 Å². The Morgan fingerprint density at radius 1 is 1.25 bits per heavy atom.